The van der Waals surface area contributed by atoms with Crippen LogP contribution in [0, 0.1) is 0 Å². The molecule has 0 unspecified atom stereocenters. The number of nitrogens with zero attached hydrogens (tertiary/aromatic N) is 2. The van der Waals surface area contributed by atoms with Crippen LogP contribution in [0.3, 0.4) is 0 Å². The van der Waals surface area contributed by atoms with Gasteiger partial charge in [-0.1, -0.05) is 0 Å². The van der Waals surface area contributed by atoms with Gasteiger partial charge in [-0.25, -0.2) is 0 Å². The van der Waals surface area contributed by atoms with E-state index in [4.69, 9.17) is 0 Å². The summed E-state index contributed by atoms with van der Waals surface area (Å²) in [7, 11) is 1.65. The number of rotatable bonds is 3. The number of halogens is 3. The summed E-state index contributed by atoms with van der Waals surface area (Å²) in [6.45, 7) is 0. The summed E-state index contributed by atoms with van der Waals surface area (Å²) in [5, 5.41) is 3.92. The molecule has 0 atom stereocenters. The molecule has 100 valence electrons. The van der Waals surface area contributed by atoms with E-state index < -0.39 is 12.1 Å². The van der Waals surface area contributed by atoms with E-state index in [1.807, 2.05) is 0 Å². The van der Waals surface area contributed by atoms with Crippen LogP contribution in [0.25, 0.3) is 11.3 Å². The van der Waals surface area contributed by atoms with Crippen molar-refractivity contribution in [3.63, 3.8) is 0 Å². The minimum Gasteiger partial charge on any atom is -0.406 e. The Morgan fingerprint density at radius 2 is 2.05 bits per heavy atom. The number of aryl methyl sites for hydroxylation is 1. The van der Waals surface area contributed by atoms with Gasteiger partial charge >= 0.3 is 6.36 Å². The van der Waals surface area contributed by atoms with Crippen LogP contribution in [0.2, 0.25) is 0 Å². The second-order valence-corrected chi connectivity index (χ2v) is 3.80. The monoisotopic (exact) mass is 270 g/mol. The van der Waals surface area contributed by atoms with Crippen molar-refractivity contribution in [1.82, 2.24) is 9.78 Å². The lowest BCUT2D eigenvalue weighted by Gasteiger charge is -2.11. The molecule has 0 saturated heterocycles. The van der Waals surface area contributed by atoms with Crippen LogP contribution < -0.4 is 4.74 Å². The second kappa shape index (κ2) is 4.75. The normalized spacial score (nSPS) is 11.4. The Morgan fingerprint density at radius 3 is 2.58 bits per heavy atom. The molecule has 2 aromatic rings. The zero-order chi connectivity index (χ0) is 14.0. The van der Waals surface area contributed by atoms with Crippen molar-refractivity contribution >= 4 is 6.29 Å². The number of carbonyl (C=O) groups is 1. The molecule has 1 aromatic heterocycles. The smallest absolute Gasteiger partial charge is 0.406 e. The molecule has 7 heteroatoms. The number of hydrogen-bond donors (Lipinski definition) is 0. The molecule has 0 spiro atoms. The third kappa shape index (κ3) is 3.12. The minimum absolute atomic E-state index is 0.0953. The number of benzene rings is 1. The summed E-state index contributed by atoms with van der Waals surface area (Å²) >= 11 is 0. The maximum Gasteiger partial charge on any atom is 0.573 e. The first kappa shape index (κ1) is 13.1. The van der Waals surface area contributed by atoms with Crippen LogP contribution in [-0.2, 0) is 7.05 Å². The predicted octanol–water partition coefficient (Wildman–Crippen LogP) is 2.80. The molecule has 1 aromatic carbocycles. The van der Waals surface area contributed by atoms with E-state index in [0.717, 1.165) is 6.07 Å². The average Bonchev–Trinajstić information content (AvgIpc) is 2.72. The van der Waals surface area contributed by atoms with Crippen LogP contribution in [0.4, 0.5) is 13.2 Å². The lowest BCUT2D eigenvalue weighted by Crippen LogP contribution is -2.17. The SMILES string of the molecule is Cn1nccc1-c1cc(C=O)cc(OC(F)(F)F)c1. The van der Waals surface area contributed by atoms with E-state index in [2.05, 4.69) is 9.84 Å². The third-order valence-electron chi connectivity index (χ3n) is 2.42. The van der Waals surface area contributed by atoms with Crippen molar-refractivity contribution in [2.75, 3.05) is 0 Å². The van der Waals surface area contributed by atoms with Crippen molar-refractivity contribution < 1.29 is 22.7 Å². The second-order valence-electron chi connectivity index (χ2n) is 3.80. The largest absolute Gasteiger partial charge is 0.573 e. The lowest BCUT2D eigenvalue weighted by atomic mass is 10.1. The Morgan fingerprint density at radius 1 is 1.32 bits per heavy atom. The van der Waals surface area contributed by atoms with E-state index >= 15 is 0 Å². The van der Waals surface area contributed by atoms with E-state index in [9.17, 15) is 18.0 Å². The van der Waals surface area contributed by atoms with Gasteiger partial charge in [0, 0.05) is 24.4 Å². The highest BCUT2D eigenvalue weighted by atomic mass is 19.4. The molecule has 19 heavy (non-hydrogen) atoms. The van der Waals surface area contributed by atoms with Crippen LogP contribution >= 0.6 is 0 Å². The van der Waals surface area contributed by atoms with Gasteiger partial charge in [0.25, 0.3) is 0 Å². The van der Waals surface area contributed by atoms with Crippen molar-refractivity contribution in [3.05, 3.63) is 36.0 Å². The maximum atomic E-state index is 12.2. The molecule has 1 heterocycles. The fraction of sp³-hybridized carbons (Fsp3) is 0.167. The Labute approximate surface area is 106 Å². The molecule has 0 aliphatic heterocycles. The topological polar surface area (TPSA) is 44.1 Å². The highest BCUT2D eigenvalue weighted by molar-refractivity contribution is 5.79. The van der Waals surface area contributed by atoms with Gasteiger partial charge in [0.1, 0.15) is 12.0 Å². The fourth-order valence-electron chi connectivity index (χ4n) is 1.69. The summed E-state index contributed by atoms with van der Waals surface area (Å²) in [5.74, 6) is -0.437. The summed E-state index contributed by atoms with van der Waals surface area (Å²) in [6, 6.07) is 5.33. The number of aromatic nitrogens is 2. The summed E-state index contributed by atoms with van der Waals surface area (Å²) < 4.78 is 41.9. The van der Waals surface area contributed by atoms with Gasteiger partial charge in [0.15, 0.2) is 0 Å². The van der Waals surface area contributed by atoms with Gasteiger partial charge in [-0.15, -0.1) is 13.2 Å². The molecule has 0 amide bonds. The van der Waals surface area contributed by atoms with Gasteiger partial charge in [-0.05, 0) is 24.3 Å². The van der Waals surface area contributed by atoms with E-state index in [1.54, 1.807) is 13.1 Å². The van der Waals surface area contributed by atoms with Gasteiger partial charge in [0.05, 0.1) is 5.69 Å². The zero-order valence-corrected chi connectivity index (χ0v) is 9.81. The first-order valence-electron chi connectivity index (χ1n) is 5.23. The minimum atomic E-state index is -4.80. The molecule has 2 rings (SSSR count). The lowest BCUT2D eigenvalue weighted by molar-refractivity contribution is -0.274. The molecule has 0 fully saturated rings. The molecule has 0 N–H and O–H groups in total. The highest BCUT2D eigenvalue weighted by Gasteiger charge is 2.31. The maximum absolute atomic E-state index is 12.2. The number of hydrogen-bond acceptors (Lipinski definition) is 3. The van der Waals surface area contributed by atoms with E-state index in [0.29, 0.717) is 17.5 Å². The van der Waals surface area contributed by atoms with Crippen LogP contribution in [0.1, 0.15) is 10.4 Å². The fourth-order valence-corrected chi connectivity index (χ4v) is 1.69. The summed E-state index contributed by atoms with van der Waals surface area (Å²) in [4.78, 5) is 10.8. The number of alkyl halides is 3. The van der Waals surface area contributed by atoms with E-state index in [-0.39, 0.29) is 5.56 Å². The summed E-state index contributed by atoms with van der Waals surface area (Å²) in [5.41, 5.74) is 1.09. The van der Waals surface area contributed by atoms with E-state index in [1.165, 1.54) is 23.0 Å². The van der Waals surface area contributed by atoms with Crippen LogP contribution in [-0.4, -0.2) is 22.4 Å². The highest BCUT2D eigenvalue weighted by Crippen LogP contribution is 2.29. The first-order valence-corrected chi connectivity index (χ1v) is 5.23. The van der Waals surface area contributed by atoms with Crippen molar-refractivity contribution in [2.45, 2.75) is 6.36 Å². The van der Waals surface area contributed by atoms with Crippen molar-refractivity contribution in [2.24, 2.45) is 7.05 Å². The molecule has 0 radical (unpaired) electrons. The molecule has 0 aliphatic carbocycles. The Hall–Kier alpha value is -2.31. The zero-order valence-electron chi connectivity index (χ0n) is 9.81. The van der Waals surface area contributed by atoms with Gasteiger partial charge < -0.3 is 4.74 Å². The third-order valence-corrected chi connectivity index (χ3v) is 2.42. The molecule has 0 bridgehead atoms. The van der Waals surface area contributed by atoms with Crippen molar-refractivity contribution in [1.29, 1.82) is 0 Å². The predicted molar refractivity (Wildman–Crippen MR) is 60.7 cm³/mol. The number of aldehydes is 1. The Bertz CT molecular complexity index is 605. The molecule has 0 saturated carbocycles. The summed E-state index contributed by atoms with van der Waals surface area (Å²) in [6.07, 6.45) is -2.83. The molecule has 0 aliphatic rings. The Kier molecular flexibility index (Phi) is 3.28. The molecular formula is C12H9F3N2O2. The molecular weight excluding hydrogens is 261 g/mol. The van der Waals surface area contributed by atoms with Crippen LogP contribution in [0.5, 0.6) is 5.75 Å². The first-order chi connectivity index (χ1) is 8.89. The van der Waals surface area contributed by atoms with Gasteiger partial charge in [0.2, 0.25) is 0 Å². The van der Waals surface area contributed by atoms with Gasteiger partial charge in [-0.3, -0.25) is 9.48 Å². The van der Waals surface area contributed by atoms with Crippen molar-refractivity contribution in [3.8, 4) is 17.0 Å². The van der Waals surface area contributed by atoms with Gasteiger partial charge in [-0.2, -0.15) is 5.10 Å². The number of ether oxygens (including phenoxy) is 1. The quantitative estimate of drug-likeness (QED) is 0.805. The average molecular weight is 270 g/mol. The number of carbonyl (C=O) groups excluding carboxylic acids is 1. The molecule has 4 nitrogen and oxygen atoms in total. The van der Waals surface area contributed by atoms with Crippen LogP contribution in [0.15, 0.2) is 30.5 Å². The Balaban J connectivity index is 2.48. The standard InChI is InChI=1S/C12H9F3N2O2/c1-17-11(2-3-16-17)9-4-8(7-18)5-10(6-9)19-12(13,14)15/h2-7H,1H3.